The van der Waals surface area contributed by atoms with Crippen LogP contribution in [0.25, 0.3) is 0 Å². The van der Waals surface area contributed by atoms with Crippen LogP contribution in [0.1, 0.15) is 30.6 Å². The number of nitrogens with zero attached hydrogens (tertiary/aromatic N) is 1. The molecule has 1 aromatic carbocycles. The number of ether oxygens (including phenoxy) is 2. The Balaban J connectivity index is 1.61. The van der Waals surface area contributed by atoms with Crippen molar-refractivity contribution in [3.8, 4) is 5.75 Å². The van der Waals surface area contributed by atoms with Gasteiger partial charge >= 0.3 is 0 Å². The Bertz CT molecular complexity index is 656. The molecule has 0 aromatic heterocycles. The Morgan fingerprint density at radius 3 is 2.81 bits per heavy atom. The van der Waals surface area contributed by atoms with Crippen LogP contribution in [0.15, 0.2) is 18.2 Å². The van der Waals surface area contributed by atoms with Crippen molar-refractivity contribution in [2.45, 2.75) is 26.3 Å². The number of hydrogen-bond donors (Lipinski definition) is 2. The molecular weight excluding hydrogens is 334 g/mol. The summed E-state index contributed by atoms with van der Waals surface area (Å²) in [6.45, 7) is 8.28. The van der Waals surface area contributed by atoms with Crippen LogP contribution >= 0.6 is 0 Å². The second kappa shape index (κ2) is 8.51. The monoisotopic (exact) mass is 361 g/mol. The predicted octanol–water partition coefficient (Wildman–Crippen LogP) is 1.49. The number of benzene rings is 1. The number of fused-ring (bicyclic) bond motifs is 1. The molecule has 1 atom stereocenters. The van der Waals surface area contributed by atoms with Crippen molar-refractivity contribution in [1.82, 2.24) is 10.2 Å². The van der Waals surface area contributed by atoms with Crippen LogP contribution in [0.2, 0.25) is 0 Å². The topological polar surface area (TPSA) is 79.9 Å². The van der Waals surface area contributed by atoms with Crippen LogP contribution < -0.4 is 15.4 Å². The number of carbonyl (C=O) groups is 2. The van der Waals surface area contributed by atoms with Gasteiger partial charge in [0.25, 0.3) is 11.8 Å². The molecule has 1 saturated heterocycles. The molecule has 2 heterocycles. The van der Waals surface area contributed by atoms with Crippen molar-refractivity contribution >= 4 is 17.5 Å². The summed E-state index contributed by atoms with van der Waals surface area (Å²) in [6, 6.07) is 5.39. The molecule has 1 fully saturated rings. The van der Waals surface area contributed by atoms with Gasteiger partial charge in [-0.05, 0) is 30.5 Å². The second-order valence-corrected chi connectivity index (χ2v) is 7.19. The van der Waals surface area contributed by atoms with E-state index in [-0.39, 0.29) is 18.4 Å². The first-order chi connectivity index (χ1) is 12.5. The number of anilines is 1. The van der Waals surface area contributed by atoms with Crippen LogP contribution in [0, 0.1) is 5.92 Å². The third-order valence-electron chi connectivity index (χ3n) is 4.68. The summed E-state index contributed by atoms with van der Waals surface area (Å²) in [6.07, 6.45) is 1.03. The fourth-order valence-corrected chi connectivity index (χ4v) is 3.38. The first kappa shape index (κ1) is 18.7. The molecule has 7 heteroatoms. The van der Waals surface area contributed by atoms with Gasteiger partial charge in [-0.25, -0.2) is 0 Å². The van der Waals surface area contributed by atoms with Crippen LogP contribution in [0.4, 0.5) is 5.69 Å². The van der Waals surface area contributed by atoms with Crippen LogP contribution in [-0.2, 0) is 9.53 Å². The largest absolute Gasteiger partial charge is 0.482 e. The van der Waals surface area contributed by atoms with E-state index >= 15 is 0 Å². The number of amides is 2. The molecule has 0 aliphatic carbocycles. The van der Waals surface area contributed by atoms with Gasteiger partial charge in [0, 0.05) is 31.2 Å². The molecule has 1 aromatic rings. The van der Waals surface area contributed by atoms with Gasteiger partial charge in [0.05, 0.1) is 18.9 Å². The predicted molar refractivity (Wildman–Crippen MR) is 98.5 cm³/mol. The average Bonchev–Trinajstić information content (AvgIpc) is 2.64. The van der Waals surface area contributed by atoms with Gasteiger partial charge in [-0.2, -0.15) is 0 Å². The summed E-state index contributed by atoms with van der Waals surface area (Å²) in [5.74, 6) is 0.775. The van der Waals surface area contributed by atoms with Crippen molar-refractivity contribution in [1.29, 1.82) is 0 Å². The van der Waals surface area contributed by atoms with E-state index in [1.165, 1.54) is 0 Å². The summed E-state index contributed by atoms with van der Waals surface area (Å²) in [5, 5.41) is 5.78. The summed E-state index contributed by atoms with van der Waals surface area (Å²) in [4.78, 5) is 26.3. The standard InChI is InChI=1S/C19H27N3O4/c1-13(2)9-15(22-5-7-25-8-6-22)11-20-19(24)14-3-4-16-17(10-14)26-12-18(23)21-16/h3-4,10,13,15H,5-9,11-12H2,1-2H3,(H,20,24)(H,21,23). The number of rotatable bonds is 6. The van der Waals surface area contributed by atoms with Crippen molar-refractivity contribution in [2.75, 3.05) is 44.8 Å². The van der Waals surface area contributed by atoms with Crippen molar-refractivity contribution in [3.05, 3.63) is 23.8 Å². The van der Waals surface area contributed by atoms with Crippen molar-refractivity contribution < 1.29 is 19.1 Å². The van der Waals surface area contributed by atoms with Crippen LogP contribution in [-0.4, -0.2) is 62.2 Å². The van der Waals surface area contributed by atoms with Gasteiger partial charge < -0.3 is 20.1 Å². The van der Waals surface area contributed by atoms with Gasteiger partial charge in [0.2, 0.25) is 0 Å². The van der Waals surface area contributed by atoms with E-state index in [1.54, 1.807) is 18.2 Å². The van der Waals surface area contributed by atoms with E-state index in [4.69, 9.17) is 9.47 Å². The normalized spacial score (nSPS) is 18.7. The smallest absolute Gasteiger partial charge is 0.262 e. The van der Waals surface area contributed by atoms with Gasteiger partial charge in [-0.15, -0.1) is 0 Å². The van der Waals surface area contributed by atoms with Gasteiger partial charge in [-0.3, -0.25) is 14.5 Å². The Hall–Kier alpha value is -2.12. The molecule has 0 bridgehead atoms. The molecule has 26 heavy (non-hydrogen) atoms. The molecule has 0 saturated carbocycles. The first-order valence-electron chi connectivity index (χ1n) is 9.19. The SMILES string of the molecule is CC(C)CC(CNC(=O)c1ccc2c(c1)OCC(=O)N2)N1CCOCC1. The highest BCUT2D eigenvalue weighted by atomic mass is 16.5. The number of hydrogen-bond acceptors (Lipinski definition) is 5. The molecule has 1 unspecified atom stereocenters. The lowest BCUT2D eigenvalue weighted by atomic mass is 10.0. The molecule has 2 amide bonds. The number of carbonyl (C=O) groups excluding carboxylic acids is 2. The fraction of sp³-hybridized carbons (Fsp3) is 0.579. The second-order valence-electron chi connectivity index (χ2n) is 7.19. The highest BCUT2D eigenvalue weighted by Gasteiger charge is 2.23. The lowest BCUT2D eigenvalue weighted by Gasteiger charge is -2.35. The zero-order valence-electron chi connectivity index (χ0n) is 15.4. The lowest BCUT2D eigenvalue weighted by Crippen LogP contribution is -2.49. The highest BCUT2D eigenvalue weighted by molar-refractivity contribution is 5.98. The molecule has 2 aliphatic heterocycles. The molecule has 3 rings (SSSR count). The van der Waals surface area contributed by atoms with Crippen LogP contribution in [0.3, 0.4) is 0 Å². The van der Waals surface area contributed by atoms with E-state index in [9.17, 15) is 9.59 Å². The maximum atomic E-state index is 12.6. The molecule has 2 aliphatic rings. The van der Waals surface area contributed by atoms with Crippen LogP contribution in [0.5, 0.6) is 5.75 Å². The third kappa shape index (κ3) is 4.74. The quantitative estimate of drug-likeness (QED) is 0.803. The Morgan fingerprint density at radius 1 is 1.31 bits per heavy atom. The minimum atomic E-state index is -0.184. The van der Waals surface area contributed by atoms with Gasteiger partial charge in [0.1, 0.15) is 5.75 Å². The minimum absolute atomic E-state index is 0.0223. The maximum absolute atomic E-state index is 12.6. The van der Waals surface area contributed by atoms with E-state index in [0.717, 1.165) is 32.7 Å². The molecular formula is C19H27N3O4. The third-order valence-corrected chi connectivity index (χ3v) is 4.68. The minimum Gasteiger partial charge on any atom is -0.482 e. The summed E-state index contributed by atoms with van der Waals surface area (Å²) in [5.41, 5.74) is 1.13. The number of morpholine rings is 1. The van der Waals surface area contributed by atoms with Crippen molar-refractivity contribution in [3.63, 3.8) is 0 Å². The van der Waals surface area contributed by atoms with E-state index in [1.807, 2.05) is 0 Å². The zero-order chi connectivity index (χ0) is 18.5. The van der Waals surface area contributed by atoms with Gasteiger partial charge in [0.15, 0.2) is 6.61 Å². The summed E-state index contributed by atoms with van der Waals surface area (Å²) < 4.78 is 10.8. The average molecular weight is 361 g/mol. The maximum Gasteiger partial charge on any atom is 0.262 e. The highest BCUT2D eigenvalue weighted by Crippen LogP contribution is 2.28. The van der Waals surface area contributed by atoms with E-state index in [2.05, 4.69) is 29.4 Å². The summed E-state index contributed by atoms with van der Waals surface area (Å²) in [7, 11) is 0. The summed E-state index contributed by atoms with van der Waals surface area (Å²) >= 11 is 0. The number of nitrogens with one attached hydrogen (secondary N) is 2. The molecule has 2 N–H and O–H groups in total. The van der Waals surface area contributed by atoms with Gasteiger partial charge in [-0.1, -0.05) is 13.8 Å². The molecule has 0 radical (unpaired) electrons. The Labute approximate surface area is 154 Å². The first-order valence-corrected chi connectivity index (χ1v) is 9.19. The van der Waals surface area contributed by atoms with Crippen molar-refractivity contribution in [2.24, 2.45) is 5.92 Å². The molecule has 0 spiro atoms. The lowest BCUT2D eigenvalue weighted by molar-refractivity contribution is -0.118. The fourth-order valence-electron chi connectivity index (χ4n) is 3.38. The molecule has 142 valence electrons. The van der Waals surface area contributed by atoms with E-state index in [0.29, 0.717) is 35.5 Å². The Morgan fingerprint density at radius 2 is 2.08 bits per heavy atom. The van der Waals surface area contributed by atoms with E-state index < -0.39 is 0 Å². The molecule has 7 nitrogen and oxygen atoms in total. The Kier molecular flexibility index (Phi) is 6.11. The zero-order valence-corrected chi connectivity index (χ0v) is 15.4.